The number of benzene rings is 1. The standard InChI is InChI=1S/C11H13ClF4N2.ClH/c12-7-4-3-6(11(14,15)16)9(10(7)13)8(18)2-1-5-17;/h3-4,8H,1-2,5,17-18H2;1H/t8-;/m0./s1. The van der Waals surface area contributed by atoms with Crippen molar-refractivity contribution in [3.05, 3.63) is 34.1 Å². The van der Waals surface area contributed by atoms with Gasteiger partial charge in [-0.2, -0.15) is 13.2 Å². The fraction of sp³-hybridized carbons (Fsp3) is 0.455. The molecule has 0 aliphatic heterocycles. The fourth-order valence-corrected chi connectivity index (χ4v) is 1.82. The molecule has 8 heteroatoms. The first-order valence-electron chi connectivity index (χ1n) is 5.29. The van der Waals surface area contributed by atoms with Crippen molar-refractivity contribution in [3.63, 3.8) is 0 Å². The van der Waals surface area contributed by atoms with Gasteiger partial charge in [-0.15, -0.1) is 12.4 Å². The van der Waals surface area contributed by atoms with Gasteiger partial charge >= 0.3 is 6.18 Å². The van der Waals surface area contributed by atoms with Gasteiger partial charge in [-0.1, -0.05) is 11.6 Å². The van der Waals surface area contributed by atoms with E-state index in [1.807, 2.05) is 0 Å². The van der Waals surface area contributed by atoms with Gasteiger partial charge in [-0.3, -0.25) is 0 Å². The molecule has 0 unspecified atom stereocenters. The molecule has 110 valence electrons. The number of halogens is 6. The summed E-state index contributed by atoms with van der Waals surface area (Å²) in [5.74, 6) is -1.11. The van der Waals surface area contributed by atoms with Crippen molar-refractivity contribution >= 4 is 24.0 Å². The van der Waals surface area contributed by atoms with Gasteiger partial charge in [0, 0.05) is 11.6 Å². The molecule has 19 heavy (non-hydrogen) atoms. The van der Waals surface area contributed by atoms with Crippen LogP contribution in [0.5, 0.6) is 0 Å². The quantitative estimate of drug-likeness (QED) is 0.832. The molecule has 0 heterocycles. The molecule has 0 saturated heterocycles. The second-order valence-electron chi connectivity index (χ2n) is 3.86. The van der Waals surface area contributed by atoms with E-state index < -0.39 is 29.2 Å². The zero-order valence-corrected chi connectivity index (χ0v) is 11.4. The van der Waals surface area contributed by atoms with Gasteiger partial charge in [0.05, 0.1) is 10.6 Å². The van der Waals surface area contributed by atoms with Crippen molar-refractivity contribution in [2.24, 2.45) is 11.5 Å². The molecular weight excluding hydrogens is 307 g/mol. The maximum absolute atomic E-state index is 13.7. The highest BCUT2D eigenvalue weighted by molar-refractivity contribution is 6.30. The van der Waals surface area contributed by atoms with Gasteiger partial charge in [0.25, 0.3) is 0 Å². The van der Waals surface area contributed by atoms with E-state index in [1.165, 1.54) is 0 Å². The third kappa shape index (κ3) is 4.49. The average Bonchev–Trinajstić information content (AvgIpc) is 2.27. The first-order valence-corrected chi connectivity index (χ1v) is 5.67. The van der Waals surface area contributed by atoms with Crippen LogP contribution in [-0.2, 0) is 6.18 Å². The van der Waals surface area contributed by atoms with E-state index in [1.54, 1.807) is 0 Å². The predicted molar refractivity (Wildman–Crippen MR) is 68.9 cm³/mol. The molecule has 0 bridgehead atoms. The Morgan fingerprint density at radius 3 is 2.32 bits per heavy atom. The minimum Gasteiger partial charge on any atom is -0.330 e. The summed E-state index contributed by atoms with van der Waals surface area (Å²) in [5.41, 5.74) is 9.16. The minimum atomic E-state index is -4.67. The van der Waals surface area contributed by atoms with Crippen molar-refractivity contribution < 1.29 is 17.6 Å². The lowest BCUT2D eigenvalue weighted by Gasteiger charge is -2.19. The Bertz CT molecular complexity index is 424. The lowest BCUT2D eigenvalue weighted by atomic mass is 9.96. The van der Waals surface area contributed by atoms with E-state index in [0.29, 0.717) is 6.42 Å². The van der Waals surface area contributed by atoms with Gasteiger partial charge in [0.2, 0.25) is 0 Å². The van der Waals surface area contributed by atoms with E-state index in [0.717, 1.165) is 12.1 Å². The summed E-state index contributed by atoms with van der Waals surface area (Å²) >= 11 is 5.49. The Morgan fingerprint density at radius 1 is 1.26 bits per heavy atom. The zero-order valence-electron chi connectivity index (χ0n) is 9.81. The second-order valence-corrected chi connectivity index (χ2v) is 4.26. The highest BCUT2D eigenvalue weighted by atomic mass is 35.5. The molecule has 0 radical (unpaired) electrons. The van der Waals surface area contributed by atoms with Crippen LogP contribution in [0.25, 0.3) is 0 Å². The van der Waals surface area contributed by atoms with E-state index >= 15 is 0 Å². The molecule has 0 spiro atoms. The van der Waals surface area contributed by atoms with Crippen molar-refractivity contribution in [1.82, 2.24) is 0 Å². The molecule has 0 saturated carbocycles. The summed E-state index contributed by atoms with van der Waals surface area (Å²) in [6.45, 7) is 0.275. The van der Waals surface area contributed by atoms with Gasteiger partial charge < -0.3 is 11.5 Å². The summed E-state index contributed by atoms with van der Waals surface area (Å²) in [5, 5.41) is -0.374. The summed E-state index contributed by atoms with van der Waals surface area (Å²) < 4.78 is 52.0. The molecule has 4 N–H and O–H groups in total. The maximum Gasteiger partial charge on any atom is 0.416 e. The summed E-state index contributed by atoms with van der Waals surface area (Å²) in [6, 6.07) is 0.533. The first-order chi connectivity index (χ1) is 8.29. The minimum absolute atomic E-state index is 0. The van der Waals surface area contributed by atoms with E-state index in [9.17, 15) is 17.6 Å². The van der Waals surface area contributed by atoms with Crippen LogP contribution in [0.4, 0.5) is 17.6 Å². The lowest BCUT2D eigenvalue weighted by molar-refractivity contribution is -0.138. The zero-order chi connectivity index (χ0) is 13.9. The molecule has 0 aliphatic carbocycles. The monoisotopic (exact) mass is 320 g/mol. The van der Waals surface area contributed by atoms with Crippen molar-refractivity contribution in [2.75, 3.05) is 6.54 Å². The summed E-state index contributed by atoms with van der Waals surface area (Å²) in [7, 11) is 0. The molecule has 1 atom stereocenters. The predicted octanol–water partition coefficient (Wildman–Crippen LogP) is 3.66. The number of alkyl halides is 3. The Balaban J connectivity index is 0.00000324. The molecule has 1 rings (SSSR count). The number of nitrogens with two attached hydrogens (primary N) is 2. The third-order valence-corrected chi connectivity index (χ3v) is 2.82. The van der Waals surface area contributed by atoms with Crippen LogP contribution in [0.3, 0.4) is 0 Å². The maximum atomic E-state index is 13.7. The normalized spacial score (nSPS) is 13.0. The highest BCUT2D eigenvalue weighted by Crippen LogP contribution is 2.38. The van der Waals surface area contributed by atoms with E-state index in [4.69, 9.17) is 23.1 Å². The SMILES string of the molecule is Cl.NCCC[C@H](N)c1c(C(F)(F)F)ccc(Cl)c1F. The van der Waals surface area contributed by atoms with Gasteiger partial charge in [0.1, 0.15) is 5.82 Å². The van der Waals surface area contributed by atoms with Crippen molar-refractivity contribution in [2.45, 2.75) is 25.1 Å². The summed E-state index contributed by atoms with van der Waals surface area (Å²) in [6.07, 6.45) is -4.09. The van der Waals surface area contributed by atoms with Gasteiger partial charge in [-0.25, -0.2) is 4.39 Å². The molecule has 0 aromatic heterocycles. The van der Waals surface area contributed by atoms with Crippen LogP contribution >= 0.6 is 24.0 Å². The number of hydrogen-bond acceptors (Lipinski definition) is 2. The highest BCUT2D eigenvalue weighted by Gasteiger charge is 2.36. The molecule has 0 fully saturated rings. The topological polar surface area (TPSA) is 52.0 Å². The molecule has 1 aromatic carbocycles. The Morgan fingerprint density at radius 2 is 1.84 bits per heavy atom. The molecule has 0 amide bonds. The Labute approximate surface area is 119 Å². The van der Waals surface area contributed by atoms with Crippen LogP contribution in [-0.4, -0.2) is 6.54 Å². The van der Waals surface area contributed by atoms with E-state index in [2.05, 4.69) is 0 Å². The second kappa shape index (κ2) is 7.28. The fourth-order valence-electron chi connectivity index (χ4n) is 1.66. The van der Waals surface area contributed by atoms with Crippen LogP contribution in [0.1, 0.15) is 30.0 Å². The van der Waals surface area contributed by atoms with Crippen LogP contribution in [0, 0.1) is 5.82 Å². The molecule has 1 aromatic rings. The molecule has 2 nitrogen and oxygen atoms in total. The van der Waals surface area contributed by atoms with Gasteiger partial charge in [-0.05, 0) is 31.5 Å². The number of rotatable bonds is 4. The average molecular weight is 321 g/mol. The van der Waals surface area contributed by atoms with Crippen molar-refractivity contribution in [1.29, 1.82) is 0 Å². The van der Waals surface area contributed by atoms with Crippen LogP contribution in [0.15, 0.2) is 12.1 Å². The Kier molecular flexibility index (Phi) is 7.07. The van der Waals surface area contributed by atoms with E-state index in [-0.39, 0.29) is 30.4 Å². The third-order valence-electron chi connectivity index (χ3n) is 2.53. The first kappa shape index (κ1) is 18.4. The van der Waals surface area contributed by atoms with Crippen molar-refractivity contribution in [3.8, 4) is 0 Å². The number of hydrogen-bond donors (Lipinski definition) is 2. The largest absolute Gasteiger partial charge is 0.416 e. The molecule has 0 aliphatic rings. The van der Waals surface area contributed by atoms with Crippen LogP contribution < -0.4 is 11.5 Å². The Hall–Kier alpha value is -0.560. The van der Waals surface area contributed by atoms with Gasteiger partial charge in [0.15, 0.2) is 0 Å². The smallest absolute Gasteiger partial charge is 0.330 e. The summed E-state index contributed by atoms with van der Waals surface area (Å²) in [4.78, 5) is 0. The molecular formula is C11H14Cl2F4N2. The lowest BCUT2D eigenvalue weighted by Crippen LogP contribution is -2.20. The van der Waals surface area contributed by atoms with Crippen LogP contribution in [0.2, 0.25) is 5.02 Å².